The van der Waals surface area contributed by atoms with E-state index >= 15 is 0 Å². The molecule has 0 atom stereocenters. The highest BCUT2D eigenvalue weighted by atomic mass is 79.9. The van der Waals surface area contributed by atoms with E-state index in [4.69, 9.17) is 4.11 Å². The summed E-state index contributed by atoms with van der Waals surface area (Å²) in [5.74, 6) is 0. The van der Waals surface area contributed by atoms with Gasteiger partial charge in [0.25, 0.3) is 0 Å². The lowest BCUT2D eigenvalue weighted by molar-refractivity contribution is 1.30. The van der Waals surface area contributed by atoms with Crippen LogP contribution in [0, 0.1) is 0 Å². The summed E-state index contributed by atoms with van der Waals surface area (Å²) < 4.78 is 24.3. The third-order valence-electron chi connectivity index (χ3n) is 1.69. The largest absolute Gasteiger partial charge is 0.255 e. The van der Waals surface area contributed by atoms with Crippen molar-refractivity contribution in [1.29, 1.82) is 0 Å². The number of pyridine rings is 1. The zero-order chi connectivity index (χ0) is 12.6. The molecule has 2 aromatic rings. The van der Waals surface area contributed by atoms with E-state index < -0.39 is 0 Å². The standard InChI is InChI=1S/C11H7Br2N/c12-8-5-6-11(14-7-8)9-3-1-2-4-10(9)13/h1-7H/i5D,6D,7D. The number of aromatic nitrogens is 1. The van der Waals surface area contributed by atoms with Crippen LogP contribution in [0.5, 0.6) is 0 Å². The molecule has 0 aliphatic carbocycles. The van der Waals surface area contributed by atoms with E-state index in [0.717, 1.165) is 4.47 Å². The summed E-state index contributed by atoms with van der Waals surface area (Å²) in [6.07, 6.45) is -0.0308. The van der Waals surface area contributed by atoms with E-state index in [9.17, 15) is 0 Å². The smallest absolute Gasteiger partial charge is 0.0852 e. The Balaban J connectivity index is 2.73. The van der Waals surface area contributed by atoms with Crippen LogP contribution in [0.4, 0.5) is 0 Å². The molecule has 0 amide bonds. The summed E-state index contributed by atoms with van der Waals surface area (Å²) in [5.41, 5.74) is 1.06. The van der Waals surface area contributed by atoms with Gasteiger partial charge in [0.2, 0.25) is 0 Å². The highest BCUT2D eigenvalue weighted by molar-refractivity contribution is 9.10. The Bertz CT molecular complexity index is 587. The quantitative estimate of drug-likeness (QED) is 0.765. The second kappa shape index (κ2) is 4.24. The summed E-state index contributed by atoms with van der Waals surface area (Å²) in [5, 5.41) is 0. The molecular weight excluding hydrogens is 306 g/mol. The van der Waals surface area contributed by atoms with E-state index in [0.29, 0.717) is 11.3 Å². The minimum Gasteiger partial charge on any atom is -0.255 e. The number of halogens is 2. The number of nitrogens with zero attached hydrogens (tertiary/aromatic N) is 1. The van der Waals surface area contributed by atoms with Gasteiger partial charge >= 0.3 is 0 Å². The molecule has 70 valence electrons. The van der Waals surface area contributed by atoms with Crippen LogP contribution >= 0.6 is 31.9 Å². The van der Waals surface area contributed by atoms with Crippen LogP contribution in [0.15, 0.2) is 51.5 Å². The van der Waals surface area contributed by atoms with Crippen molar-refractivity contribution in [2.24, 2.45) is 0 Å². The Morgan fingerprint density at radius 1 is 1.14 bits per heavy atom. The van der Waals surface area contributed by atoms with Gasteiger partial charge in [-0.15, -0.1) is 0 Å². The topological polar surface area (TPSA) is 12.9 Å². The molecule has 0 saturated carbocycles. The molecule has 0 aliphatic rings. The van der Waals surface area contributed by atoms with Gasteiger partial charge in [0.1, 0.15) is 0 Å². The fraction of sp³-hybridized carbons (Fsp3) is 0. The summed E-state index contributed by atoms with van der Waals surface area (Å²) in [4.78, 5) is 4.05. The SMILES string of the molecule is [2H]c1nc(-c2ccccc2Br)c([2H])c([2H])c1Br. The van der Waals surface area contributed by atoms with Crippen LogP contribution in [-0.2, 0) is 0 Å². The minimum atomic E-state index is -0.0308. The maximum absolute atomic E-state index is 7.88. The van der Waals surface area contributed by atoms with Crippen molar-refractivity contribution in [3.8, 4) is 11.3 Å². The van der Waals surface area contributed by atoms with E-state index in [2.05, 4.69) is 36.8 Å². The van der Waals surface area contributed by atoms with E-state index in [-0.39, 0.29) is 22.7 Å². The van der Waals surface area contributed by atoms with E-state index in [1.807, 2.05) is 18.2 Å². The monoisotopic (exact) mass is 314 g/mol. The maximum Gasteiger partial charge on any atom is 0.0852 e. The van der Waals surface area contributed by atoms with E-state index in [1.165, 1.54) is 0 Å². The van der Waals surface area contributed by atoms with Gasteiger partial charge in [-0.1, -0.05) is 34.1 Å². The summed E-state index contributed by atoms with van der Waals surface area (Å²) >= 11 is 6.46. The summed E-state index contributed by atoms with van der Waals surface area (Å²) in [6, 6.07) is 7.33. The molecule has 0 unspecified atom stereocenters. The second-order valence-electron chi connectivity index (χ2n) is 2.62. The molecule has 0 N–H and O–H groups in total. The van der Waals surface area contributed by atoms with Crippen LogP contribution in [0.1, 0.15) is 4.11 Å². The fourth-order valence-electron chi connectivity index (χ4n) is 1.06. The molecule has 1 nitrogen and oxygen atoms in total. The molecule has 0 aliphatic heterocycles. The highest BCUT2D eigenvalue weighted by Crippen LogP contribution is 2.26. The number of hydrogen-bond acceptors (Lipinski definition) is 1. The fourth-order valence-corrected chi connectivity index (χ4v) is 1.72. The Morgan fingerprint density at radius 2 is 1.93 bits per heavy atom. The predicted molar refractivity (Wildman–Crippen MR) is 65.1 cm³/mol. The Kier molecular flexibility index (Phi) is 2.04. The molecule has 1 aromatic heterocycles. The van der Waals surface area contributed by atoms with Crippen LogP contribution in [0.25, 0.3) is 11.3 Å². The number of benzene rings is 1. The third kappa shape index (κ3) is 2.04. The molecule has 0 bridgehead atoms. The molecule has 0 spiro atoms. The average molecular weight is 316 g/mol. The van der Waals surface area contributed by atoms with Crippen LogP contribution in [0.2, 0.25) is 0 Å². The average Bonchev–Trinajstić information content (AvgIpc) is 2.32. The molecule has 0 radical (unpaired) electrons. The highest BCUT2D eigenvalue weighted by Gasteiger charge is 2.02. The lowest BCUT2D eigenvalue weighted by Gasteiger charge is -2.02. The minimum absolute atomic E-state index is 0.0137. The molecule has 1 aromatic carbocycles. The van der Waals surface area contributed by atoms with Crippen molar-refractivity contribution in [2.45, 2.75) is 0 Å². The van der Waals surface area contributed by atoms with Crippen molar-refractivity contribution < 1.29 is 4.11 Å². The van der Waals surface area contributed by atoms with Gasteiger partial charge in [0, 0.05) is 20.7 Å². The van der Waals surface area contributed by atoms with Crippen molar-refractivity contribution in [1.82, 2.24) is 4.98 Å². The van der Waals surface area contributed by atoms with Crippen LogP contribution in [-0.4, -0.2) is 4.98 Å². The van der Waals surface area contributed by atoms with Gasteiger partial charge in [-0.2, -0.15) is 0 Å². The van der Waals surface area contributed by atoms with Gasteiger partial charge in [0.05, 0.1) is 9.81 Å². The first-order chi connectivity index (χ1) is 8.02. The van der Waals surface area contributed by atoms with Crippen molar-refractivity contribution in [3.05, 3.63) is 51.5 Å². The van der Waals surface area contributed by atoms with Gasteiger partial charge in [-0.3, -0.25) is 4.98 Å². The van der Waals surface area contributed by atoms with Crippen molar-refractivity contribution in [3.63, 3.8) is 0 Å². The second-order valence-corrected chi connectivity index (χ2v) is 4.26. The predicted octanol–water partition coefficient (Wildman–Crippen LogP) is 4.27. The Morgan fingerprint density at radius 3 is 2.71 bits per heavy atom. The number of rotatable bonds is 1. The zero-order valence-corrected chi connectivity index (χ0v) is 10.2. The first kappa shape index (κ1) is 6.75. The Hall–Kier alpha value is -0.670. The van der Waals surface area contributed by atoms with Gasteiger partial charge in [-0.25, -0.2) is 0 Å². The summed E-state index contributed by atoms with van der Waals surface area (Å²) in [6.45, 7) is 0. The van der Waals surface area contributed by atoms with Crippen LogP contribution < -0.4 is 0 Å². The molecule has 0 fully saturated rings. The third-order valence-corrected chi connectivity index (χ3v) is 2.75. The molecular formula is C11H7Br2N. The molecule has 3 heteroatoms. The van der Waals surface area contributed by atoms with Gasteiger partial charge in [-0.05, 0) is 34.1 Å². The normalized spacial score (nSPS) is 13.1. The lowest BCUT2D eigenvalue weighted by Crippen LogP contribution is -1.83. The van der Waals surface area contributed by atoms with Crippen LogP contribution in [0.3, 0.4) is 0 Å². The van der Waals surface area contributed by atoms with Crippen molar-refractivity contribution in [2.75, 3.05) is 0 Å². The van der Waals surface area contributed by atoms with Crippen molar-refractivity contribution >= 4 is 31.9 Å². The first-order valence-electron chi connectivity index (χ1n) is 5.40. The molecule has 1 heterocycles. The molecule has 0 saturated heterocycles. The molecule has 14 heavy (non-hydrogen) atoms. The zero-order valence-electron chi connectivity index (χ0n) is 10.0. The molecule has 2 rings (SSSR count). The lowest BCUT2D eigenvalue weighted by atomic mass is 10.1. The summed E-state index contributed by atoms with van der Waals surface area (Å²) in [7, 11) is 0. The first-order valence-corrected chi connectivity index (χ1v) is 5.49. The van der Waals surface area contributed by atoms with Gasteiger partial charge < -0.3 is 0 Å². The number of hydrogen-bond donors (Lipinski definition) is 0. The maximum atomic E-state index is 7.88. The Labute approximate surface area is 104 Å². The van der Waals surface area contributed by atoms with Gasteiger partial charge in [0.15, 0.2) is 0 Å². The van der Waals surface area contributed by atoms with E-state index in [1.54, 1.807) is 6.07 Å².